The Bertz CT molecular complexity index is 1650. The van der Waals surface area contributed by atoms with E-state index in [1.54, 1.807) is 0 Å². The molecule has 0 aromatic carbocycles. The maximum atomic E-state index is 13.0. The lowest BCUT2D eigenvalue weighted by molar-refractivity contribution is -0.301. The van der Waals surface area contributed by atoms with Crippen LogP contribution >= 0.6 is 0 Å². The summed E-state index contributed by atoms with van der Waals surface area (Å²) in [5.41, 5.74) is 0. The number of carbonyl (C=O) groups excluding carboxylic acids is 1. The van der Waals surface area contributed by atoms with E-state index in [9.17, 15) is 33.1 Å². The van der Waals surface area contributed by atoms with Gasteiger partial charge in [0.25, 0.3) is 0 Å². The molecule has 74 heavy (non-hydrogen) atoms. The molecule has 1 fully saturated rings. The van der Waals surface area contributed by atoms with E-state index in [1.807, 2.05) is 0 Å². The Hall–Kier alpha value is -2.98. The van der Waals surface area contributed by atoms with Crippen LogP contribution in [0.4, 0.5) is 0 Å². The van der Waals surface area contributed by atoms with Crippen LogP contribution in [0.5, 0.6) is 0 Å². The first-order valence-corrected chi connectivity index (χ1v) is 30.4. The molecule has 6 unspecified atom stereocenters. The zero-order valence-electron chi connectivity index (χ0n) is 46.1. The van der Waals surface area contributed by atoms with Gasteiger partial charge in [0.1, 0.15) is 30.5 Å². The van der Waals surface area contributed by atoms with Crippen LogP contribution in [0.1, 0.15) is 219 Å². The van der Waals surface area contributed by atoms with Gasteiger partial charge in [-0.2, -0.15) is 8.42 Å². The molecule has 0 radical (unpaired) electrons. The number of unbranched alkanes of at least 4 members (excludes halogenated alkanes) is 21. The Morgan fingerprint density at radius 3 is 1.38 bits per heavy atom. The molecule has 0 saturated carbocycles. The summed E-state index contributed by atoms with van der Waals surface area (Å²) >= 11 is 0. The SMILES string of the molecule is CC/C=C\C/C=C\C/C=C\C/C=C\C/C=C\C/C=C\C/C=C\CCCCCCOCC(COC1OC(CO)C(O)C(OS(=O)(=O)O)C1O)OC(=O)CCCCCCCCCCC/C=C\CCCCCCCCCC. The van der Waals surface area contributed by atoms with Crippen molar-refractivity contribution >= 4 is 16.4 Å². The van der Waals surface area contributed by atoms with Crippen LogP contribution in [0.25, 0.3) is 0 Å². The average Bonchev–Trinajstić information content (AvgIpc) is 3.38. The molecule has 1 aliphatic rings. The molecule has 1 aliphatic heterocycles. The first-order valence-electron chi connectivity index (χ1n) is 29.0. The molecule has 6 atom stereocenters. The first kappa shape index (κ1) is 69.0. The van der Waals surface area contributed by atoms with Gasteiger partial charge in [0, 0.05) is 13.0 Å². The van der Waals surface area contributed by atoms with E-state index in [2.05, 4.69) is 115 Å². The average molecular weight is 1060 g/mol. The van der Waals surface area contributed by atoms with E-state index in [4.69, 9.17) is 18.9 Å². The topological polar surface area (TPSA) is 178 Å². The molecule has 13 heteroatoms. The molecule has 1 heterocycles. The Morgan fingerprint density at radius 1 is 0.527 bits per heavy atom. The molecule has 0 amide bonds. The maximum Gasteiger partial charge on any atom is 0.397 e. The van der Waals surface area contributed by atoms with E-state index >= 15 is 0 Å². The molecule has 426 valence electrons. The Morgan fingerprint density at radius 2 is 0.932 bits per heavy atom. The number of carbonyl (C=O) groups is 1. The summed E-state index contributed by atoms with van der Waals surface area (Å²) in [6, 6.07) is 0. The van der Waals surface area contributed by atoms with Gasteiger partial charge in [-0.25, -0.2) is 4.18 Å². The van der Waals surface area contributed by atoms with Crippen molar-refractivity contribution in [1.82, 2.24) is 0 Å². The van der Waals surface area contributed by atoms with Gasteiger partial charge in [-0.1, -0.05) is 214 Å². The molecule has 1 saturated heterocycles. The zero-order valence-corrected chi connectivity index (χ0v) is 46.9. The van der Waals surface area contributed by atoms with Gasteiger partial charge >= 0.3 is 16.4 Å². The number of aliphatic hydroxyl groups is 3. The number of hydrogen-bond acceptors (Lipinski definition) is 11. The predicted molar refractivity (Wildman–Crippen MR) is 303 cm³/mol. The minimum atomic E-state index is -5.08. The maximum absolute atomic E-state index is 13.0. The van der Waals surface area contributed by atoms with Crippen molar-refractivity contribution in [1.29, 1.82) is 0 Å². The predicted octanol–water partition coefficient (Wildman–Crippen LogP) is 14.5. The van der Waals surface area contributed by atoms with Crippen molar-refractivity contribution in [3.05, 3.63) is 97.2 Å². The molecule has 0 aromatic rings. The molecule has 0 bridgehead atoms. The van der Waals surface area contributed by atoms with Crippen LogP contribution in [-0.2, 0) is 38.3 Å². The van der Waals surface area contributed by atoms with Gasteiger partial charge in [-0.15, -0.1) is 0 Å². The highest BCUT2D eigenvalue weighted by atomic mass is 32.3. The summed E-state index contributed by atoms with van der Waals surface area (Å²) < 4.78 is 59.4. The molecular formula is C61H104O12S. The Kier molecular flexibility index (Phi) is 47.4. The zero-order chi connectivity index (χ0) is 53.8. The van der Waals surface area contributed by atoms with E-state index in [0.717, 1.165) is 96.3 Å². The standard InChI is InChI=1S/C61H104O12S/c1-3-5-7-9-11-13-15-17-19-21-23-25-26-27-28-29-31-33-35-37-39-41-43-45-47-49-51-69-53-55(54-70-61-59(65)60(73-74(66,67)68)58(64)56(52-62)72-61)71-57(63)50-48-46-44-42-40-38-36-34-32-30-24-22-20-18-16-14-12-10-8-6-4-2/h5,7,11,13,17,19,22-25,27-28,31,33,37,39,55-56,58-62,64-65H,3-4,6,8-10,12,14-16,18,20-21,26,29-30,32,34-36,38,40-54H2,1-2H3,(H,66,67,68)/b7-5-,13-11-,19-17-,24-22-,25-23-,28-27-,33-31-,39-37-. The summed E-state index contributed by atoms with van der Waals surface area (Å²) in [6.45, 7) is 3.82. The van der Waals surface area contributed by atoms with Crippen LogP contribution in [0, 0.1) is 0 Å². The van der Waals surface area contributed by atoms with E-state index in [-0.39, 0.29) is 19.6 Å². The van der Waals surface area contributed by atoms with E-state index < -0.39 is 59.8 Å². The quantitative estimate of drug-likeness (QED) is 0.0196. The highest BCUT2D eigenvalue weighted by Gasteiger charge is 2.48. The third-order valence-electron chi connectivity index (χ3n) is 12.7. The lowest BCUT2D eigenvalue weighted by Crippen LogP contribution is -2.60. The first-order chi connectivity index (χ1) is 36.1. The lowest BCUT2D eigenvalue weighted by Gasteiger charge is -2.41. The van der Waals surface area contributed by atoms with Gasteiger partial charge in [-0.3, -0.25) is 9.35 Å². The van der Waals surface area contributed by atoms with E-state index in [0.29, 0.717) is 13.0 Å². The van der Waals surface area contributed by atoms with Gasteiger partial charge in [0.2, 0.25) is 0 Å². The van der Waals surface area contributed by atoms with Crippen LogP contribution in [0.15, 0.2) is 97.2 Å². The number of allylic oxidation sites excluding steroid dienone is 16. The van der Waals surface area contributed by atoms with Gasteiger partial charge in [-0.05, 0) is 96.3 Å². The summed E-state index contributed by atoms with van der Waals surface area (Å²) in [4.78, 5) is 13.0. The summed E-state index contributed by atoms with van der Waals surface area (Å²) in [7, 11) is -5.08. The third-order valence-corrected chi connectivity index (χ3v) is 13.2. The van der Waals surface area contributed by atoms with Crippen LogP contribution in [0.2, 0.25) is 0 Å². The highest BCUT2D eigenvalue weighted by molar-refractivity contribution is 7.80. The molecule has 12 nitrogen and oxygen atoms in total. The van der Waals surface area contributed by atoms with Crippen molar-refractivity contribution in [2.75, 3.05) is 26.4 Å². The second kappa shape index (κ2) is 50.8. The summed E-state index contributed by atoms with van der Waals surface area (Å²) in [5.74, 6) is -0.413. The monoisotopic (exact) mass is 1060 g/mol. The second-order valence-corrected chi connectivity index (χ2v) is 20.5. The van der Waals surface area contributed by atoms with Crippen molar-refractivity contribution in [2.24, 2.45) is 0 Å². The lowest BCUT2D eigenvalue weighted by atomic mass is 9.99. The number of hydrogen-bond donors (Lipinski definition) is 4. The smallest absolute Gasteiger partial charge is 0.397 e. The van der Waals surface area contributed by atoms with Gasteiger partial charge < -0.3 is 34.3 Å². The number of esters is 1. The third kappa shape index (κ3) is 43.2. The number of ether oxygens (including phenoxy) is 4. The summed E-state index contributed by atoms with van der Waals surface area (Å²) in [6.07, 6.45) is 61.5. The molecular weight excluding hydrogens is 957 g/mol. The van der Waals surface area contributed by atoms with Crippen molar-refractivity contribution in [3.63, 3.8) is 0 Å². The minimum absolute atomic E-state index is 0.0124. The number of rotatable bonds is 50. The minimum Gasteiger partial charge on any atom is -0.457 e. The van der Waals surface area contributed by atoms with Gasteiger partial charge in [0.05, 0.1) is 19.8 Å². The van der Waals surface area contributed by atoms with Crippen LogP contribution in [0.3, 0.4) is 0 Å². The fourth-order valence-corrected chi connectivity index (χ4v) is 8.86. The normalized spacial score (nSPS) is 19.5. The fourth-order valence-electron chi connectivity index (χ4n) is 8.35. The molecule has 0 aromatic heterocycles. The Labute approximate surface area is 450 Å². The van der Waals surface area contributed by atoms with Crippen molar-refractivity contribution in [2.45, 2.75) is 256 Å². The highest BCUT2D eigenvalue weighted by Crippen LogP contribution is 2.26. The van der Waals surface area contributed by atoms with Crippen LogP contribution < -0.4 is 0 Å². The molecule has 0 aliphatic carbocycles. The van der Waals surface area contributed by atoms with Crippen molar-refractivity contribution < 1.29 is 56.2 Å². The molecule has 1 rings (SSSR count). The molecule has 4 N–H and O–H groups in total. The van der Waals surface area contributed by atoms with Crippen molar-refractivity contribution in [3.8, 4) is 0 Å². The molecule has 0 spiro atoms. The number of aliphatic hydroxyl groups excluding tert-OH is 3. The van der Waals surface area contributed by atoms with Crippen LogP contribution in [-0.4, -0.2) is 97.5 Å². The van der Waals surface area contributed by atoms with Gasteiger partial charge in [0.15, 0.2) is 6.29 Å². The Balaban J connectivity index is 2.34. The summed E-state index contributed by atoms with van der Waals surface area (Å²) in [5, 5.41) is 30.8. The fraction of sp³-hybridized carbons (Fsp3) is 0.721. The second-order valence-electron chi connectivity index (χ2n) is 19.5. The van der Waals surface area contributed by atoms with E-state index in [1.165, 1.54) is 96.3 Å². The largest absolute Gasteiger partial charge is 0.457 e.